The van der Waals surface area contributed by atoms with E-state index in [2.05, 4.69) is 23.6 Å². The third-order valence-electron chi connectivity index (χ3n) is 5.51. The zero-order valence-electron chi connectivity index (χ0n) is 17.0. The third-order valence-corrected chi connectivity index (χ3v) is 6.43. The van der Waals surface area contributed by atoms with Crippen molar-refractivity contribution in [3.63, 3.8) is 0 Å². The molecular weight excluding hydrogens is 400 g/mol. The normalized spacial score (nSPS) is 19.4. The van der Waals surface area contributed by atoms with Crippen molar-refractivity contribution in [3.05, 3.63) is 69.9 Å². The van der Waals surface area contributed by atoms with Crippen molar-refractivity contribution in [1.29, 1.82) is 0 Å². The molecule has 0 amide bonds. The molecule has 2 aliphatic rings. The molecule has 0 saturated heterocycles. The second-order valence-corrected chi connectivity index (χ2v) is 8.03. The van der Waals surface area contributed by atoms with Crippen LogP contribution in [0.2, 0.25) is 0 Å². The summed E-state index contributed by atoms with van der Waals surface area (Å²) in [6, 6.07) is 16.2. The molecule has 0 aliphatic carbocycles. The van der Waals surface area contributed by atoms with E-state index in [1.165, 1.54) is 4.88 Å². The zero-order chi connectivity index (χ0) is 20.7. The van der Waals surface area contributed by atoms with Crippen LogP contribution in [0.4, 0.5) is 0 Å². The van der Waals surface area contributed by atoms with Crippen LogP contribution in [-0.2, 0) is 0 Å². The smallest absolute Gasteiger partial charge is 0.217 e. The molecule has 1 aromatic heterocycles. The van der Waals surface area contributed by atoms with Crippen LogP contribution in [-0.4, -0.2) is 32.0 Å². The lowest BCUT2D eigenvalue weighted by Crippen LogP contribution is -2.34. The predicted molar refractivity (Wildman–Crippen MR) is 116 cm³/mol. The van der Waals surface area contributed by atoms with Crippen molar-refractivity contribution >= 4 is 17.0 Å². The fourth-order valence-corrected chi connectivity index (χ4v) is 4.80. The molecule has 6 nitrogen and oxygen atoms in total. The van der Waals surface area contributed by atoms with Crippen LogP contribution in [0.5, 0.6) is 23.0 Å². The molecule has 2 aromatic carbocycles. The number of para-hydroxylation sites is 1. The molecule has 0 N–H and O–H groups in total. The standard InChI is InChI=1S/C23H22N2O4S/c1-26-19-13-21(28-3)20(27-2)11-15(19)23-25-17(14-7-4-5-8-18(14)29-23)12-16(24-25)22-9-6-10-30-22/h4-11,13,17,23H,12H2,1-3H3/t17-,23-/m0/s1. The summed E-state index contributed by atoms with van der Waals surface area (Å²) in [5, 5.41) is 9.11. The van der Waals surface area contributed by atoms with Crippen LogP contribution in [0.15, 0.2) is 59.0 Å². The molecule has 3 aromatic rings. The van der Waals surface area contributed by atoms with Crippen LogP contribution in [0.25, 0.3) is 0 Å². The summed E-state index contributed by atoms with van der Waals surface area (Å²) in [5.41, 5.74) is 3.05. The van der Waals surface area contributed by atoms with E-state index < -0.39 is 6.23 Å². The lowest BCUT2D eigenvalue weighted by atomic mass is 9.97. The molecule has 2 aliphatic heterocycles. The van der Waals surface area contributed by atoms with Crippen LogP contribution in [0, 0.1) is 0 Å². The molecule has 0 bridgehead atoms. The quantitative estimate of drug-likeness (QED) is 0.578. The number of hydrogen-bond donors (Lipinski definition) is 0. The molecule has 0 unspecified atom stereocenters. The molecule has 5 rings (SSSR count). The molecule has 3 heterocycles. The van der Waals surface area contributed by atoms with Crippen LogP contribution in [0.3, 0.4) is 0 Å². The van der Waals surface area contributed by atoms with Crippen LogP contribution >= 0.6 is 11.3 Å². The Labute approximate surface area is 179 Å². The van der Waals surface area contributed by atoms with Gasteiger partial charge in [-0.1, -0.05) is 24.3 Å². The van der Waals surface area contributed by atoms with E-state index >= 15 is 0 Å². The summed E-state index contributed by atoms with van der Waals surface area (Å²) in [6.45, 7) is 0. The average molecular weight is 423 g/mol. The Morgan fingerprint density at radius 1 is 0.933 bits per heavy atom. The van der Waals surface area contributed by atoms with Gasteiger partial charge in [0.2, 0.25) is 6.23 Å². The fraction of sp³-hybridized carbons (Fsp3) is 0.261. The van der Waals surface area contributed by atoms with E-state index in [9.17, 15) is 0 Å². The molecule has 7 heteroatoms. The van der Waals surface area contributed by atoms with Crippen LogP contribution in [0.1, 0.15) is 34.7 Å². The minimum Gasteiger partial charge on any atom is -0.496 e. The van der Waals surface area contributed by atoms with E-state index in [4.69, 9.17) is 24.0 Å². The maximum atomic E-state index is 6.46. The highest BCUT2D eigenvalue weighted by Crippen LogP contribution is 2.50. The first-order chi connectivity index (χ1) is 14.7. The van der Waals surface area contributed by atoms with Crippen molar-refractivity contribution < 1.29 is 18.9 Å². The summed E-state index contributed by atoms with van der Waals surface area (Å²) < 4.78 is 23.1. The maximum Gasteiger partial charge on any atom is 0.217 e. The van der Waals surface area contributed by atoms with Crippen molar-refractivity contribution in [2.24, 2.45) is 5.10 Å². The zero-order valence-corrected chi connectivity index (χ0v) is 17.8. The van der Waals surface area contributed by atoms with Crippen molar-refractivity contribution in [2.75, 3.05) is 21.3 Å². The molecule has 0 spiro atoms. The predicted octanol–water partition coefficient (Wildman–Crippen LogP) is 5.02. The highest BCUT2D eigenvalue weighted by molar-refractivity contribution is 7.12. The Balaban J connectivity index is 1.64. The first-order valence-corrected chi connectivity index (χ1v) is 10.6. The average Bonchev–Trinajstić information content (AvgIpc) is 3.47. The van der Waals surface area contributed by atoms with Gasteiger partial charge in [-0.2, -0.15) is 5.10 Å². The molecule has 0 fully saturated rings. The van der Waals surface area contributed by atoms with Gasteiger partial charge in [0.15, 0.2) is 11.5 Å². The fourth-order valence-electron chi connectivity index (χ4n) is 4.08. The second-order valence-electron chi connectivity index (χ2n) is 7.08. The number of hydrogen-bond acceptors (Lipinski definition) is 7. The van der Waals surface area contributed by atoms with Crippen LogP contribution < -0.4 is 18.9 Å². The molecule has 30 heavy (non-hydrogen) atoms. The number of ether oxygens (including phenoxy) is 4. The monoisotopic (exact) mass is 422 g/mol. The highest BCUT2D eigenvalue weighted by Gasteiger charge is 2.42. The number of fused-ring (bicyclic) bond motifs is 3. The van der Waals surface area contributed by atoms with Crippen molar-refractivity contribution in [1.82, 2.24) is 5.01 Å². The van der Waals surface area contributed by atoms with Gasteiger partial charge in [-0.25, -0.2) is 5.01 Å². The van der Waals surface area contributed by atoms with E-state index in [0.717, 1.165) is 29.0 Å². The molecule has 0 radical (unpaired) electrons. The first-order valence-electron chi connectivity index (χ1n) is 9.68. The summed E-state index contributed by atoms with van der Waals surface area (Å²) in [7, 11) is 4.87. The van der Waals surface area contributed by atoms with Gasteiger partial charge in [0.05, 0.1) is 43.5 Å². The van der Waals surface area contributed by atoms with Gasteiger partial charge in [-0.3, -0.25) is 0 Å². The first kappa shape index (κ1) is 18.8. The van der Waals surface area contributed by atoms with Gasteiger partial charge in [-0.05, 0) is 23.6 Å². The topological polar surface area (TPSA) is 52.5 Å². The number of methoxy groups -OCH3 is 3. The summed E-state index contributed by atoms with van der Waals surface area (Å²) >= 11 is 1.70. The van der Waals surface area contributed by atoms with E-state index in [-0.39, 0.29) is 6.04 Å². The third kappa shape index (κ3) is 2.97. The number of benzene rings is 2. The number of thiophene rings is 1. The second kappa shape index (κ2) is 7.57. The van der Waals surface area contributed by atoms with Gasteiger partial charge < -0.3 is 18.9 Å². The Morgan fingerprint density at radius 2 is 1.70 bits per heavy atom. The SMILES string of the molecule is COc1cc(OC)c([C@@H]2Oc3ccccc3[C@@H]3CC(c4cccs4)=NN32)cc1OC. The van der Waals surface area contributed by atoms with Gasteiger partial charge in [0, 0.05) is 18.1 Å². The molecule has 2 atom stereocenters. The minimum absolute atomic E-state index is 0.0925. The Kier molecular flexibility index (Phi) is 4.75. The van der Waals surface area contributed by atoms with E-state index in [1.807, 2.05) is 35.3 Å². The molecule has 0 saturated carbocycles. The van der Waals surface area contributed by atoms with E-state index in [0.29, 0.717) is 17.2 Å². The Morgan fingerprint density at radius 3 is 2.43 bits per heavy atom. The minimum atomic E-state index is -0.447. The highest BCUT2D eigenvalue weighted by atomic mass is 32.1. The van der Waals surface area contributed by atoms with Crippen molar-refractivity contribution in [2.45, 2.75) is 18.7 Å². The Bertz CT molecular complexity index is 1100. The van der Waals surface area contributed by atoms with Gasteiger partial charge >= 0.3 is 0 Å². The summed E-state index contributed by atoms with van der Waals surface area (Å²) in [4.78, 5) is 1.18. The lowest BCUT2D eigenvalue weighted by molar-refractivity contribution is -0.0205. The van der Waals surface area contributed by atoms with E-state index in [1.54, 1.807) is 32.7 Å². The largest absolute Gasteiger partial charge is 0.496 e. The van der Waals surface area contributed by atoms with Gasteiger partial charge in [-0.15, -0.1) is 11.3 Å². The van der Waals surface area contributed by atoms with Gasteiger partial charge in [0.1, 0.15) is 11.5 Å². The number of rotatable bonds is 5. The number of hydrazone groups is 1. The summed E-state index contributed by atoms with van der Waals surface area (Å²) in [6.07, 6.45) is 0.379. The van der Waals surface area contributed by atoms with Crippen molar-refractivity contribution in [3.8, 4) is 23.0 Å². The maximum absolute atomic E-state index is 6.46. The molecule has 154 valence electrons. The summed E-state index contributed by atoms with van der Waals surface area (Å²) in [5.74, 6) is 2.75. The van der Waals surface area contributed by atoms with Gasteiger partial charge in [0.25, 0.3) is 0 Å². The number of nitrogens with zero attached hydrogens (tertiary/aromatic N) is 2. The molecular formula is C23H22N2O4S. The Hall–Kier alpha value is -3.19. The lowest BCUT2D eigenvalue weighted by Gasteiger charge is -2.38.